The third-order valence-electron chi connectivity index (χ3n) is 4.99. The summed E-state index contributed by atoms with van der Waals surface area (Å²) in [6.07, 6.45) is 2.63. The summed E-state index contributed by atoms with van der Waals surface area (Å²) in [6, 6.07) is 8.30. The number of hydrogen-bond acceptors (Lipinski definition) is 3. The molecular formula is C19H30N2O2. The predicted molar refractivity (Wildman–Crippen MR) is 93.6 cm³/mol. The number of nitrogens with one attached hydrogen (secondary N) is 2. The van der Waals surface area contributed by atoms with Gasteiger partial charge in [0, 0.05) is 25.5 Å². The Morgan fingerprint density at radius 3 is 2.70 bits per heavy atom. The van der Waals surface area contributed by atoms with Crippen LogP contribution in [0.5, 0.6) is 0 Å². The van der Waals surface area contributed by atoms with Gasteiger partial charge in [-0.05, 0) is 49.9 Å². The molecule has 1 aromatic rings. The van der Waals surface area contributed by atoms with Crippen LogP contribution in [0.2, 0.25) is 0 Å². The van der Waals surface area contributed by atoms with E-state index in [9.17, 15) is 4.79 Å². The molecule has 0 spiro atoms. The minimum atomic E-state index is 0.0849. The lowest BCUT2D eigenvalue weighted by Gasteiger charge is -2.37. The zero-order valence-corrected chi connectivity index (χ0v) is 14.7. The van der Waals surface area contributed by atoms with E-state index < -0.39 is 0 Å². The van der Waals surface area contributed by atoms with Crippen molar-refractivity contribution in [3.8, 4) is 0 Å². The van der Waals surface area contributed by atoms with Gasteiger partial charge in [-0.3, -0.25) is 4.79 Å². The van der Waals surface area contributed by atoms with Gasteiger partial charge in [0.05, 0.1) is 6.61 Å². The summed E-state index contributed by atoms with van der Waals surface area (Å²) in [5.41, 5.74) is 2.60. The van der Waals surface area contributed by atoms with Crippen LogP contribution in [0, 0.1) is 12.3 Å². The second kappa shape index (κ2) is 8.46. The second-order valence-electron chi connectivity index (χ2n) is 6.92. The maximum atomic E-state index is 12.4. The topological polar surface area (TPSA) is 50.4 Å². The first-order chi connectivity index (χ1) is 11.1. The summed E-state index contributed by atoms with van der Waals surface area (Å²) in [4.78, 5) is 12.4. The number of methoxy groups -OCH3 is 1. The molecule has 23 heavy (non-hydrogen) atoms. The van der Waals surface area contributed by atoms with Gasteiger partial charge in [0.25, 0.3) is 0 Å². The highest BCUT2D eigenvalue weighted by Crippen LogP contribution is 2.28. The standard InChI is InChI=1S/C19H30N2O2/c1-15-6-4-5-7-17(15)16(2)12-18(22)21-13-19(14-23-3)8-10-20-11-9-19/h4-7,16,20H,8-14H2,1-3H3,(H,21,22). The monoisotopic (exact) mass is 318 g/mol. The van der Waals surface area contributed by atoms with Crippen LogP contribution in [0.3, 0.4) is 0 Å². The van der Waals surface area contributed by atoms with Crippen LogP contribution < -0.4 is 10.6 Å². The van der Waals surface area contributed by atoms with Crippen molar-refractivity contribution in [2.24, 2.45) is 5.41 Å². The normalized spacial score (nSPS) is 18.4. The lowest BCUT2D eigenvalue weighted by molar-refractivity contribution is -0.122. The lowest BCUT2D eigenvalue weighted by atomic mass is 9.79. The predicted octanol–water partition coefficient (Wildman–Crippen LogP) is 2.62. The first-order valence-corrected chi connectivity index (χ1v) is 8.58. The highest BCUT2D eigenvalue weighted by Gasteiger charge is 2.32. The molecule has 128 valence electrons. The molecule has 1 atom stereocenters. The zero-order chi connectivity index (χ0) is 16.7. The Balaban J connectivity index is 1.87. The van der Waals surface area contributed by atoms with Crippen molar-refractivity contribution >= 4 is 5.91 Å². The van der Waals surface area contributed by atoms with Gasteiger partial charge in [0.2, 0.25) is 5.91 Å². The number of carbonyl (C=O) groups is 1. The van der Waals surface area contributed by atoms with Crippen LogP contribution in [-0.2, 0) is 9.53 Å². The quantitative estimate of drug-likeness (QED) is 0.812. The first kappa shape index (κ1) is 18.0. The number of aryl methyl sites for hydroxylation is 1. The van der Waals surface area contributed by atoms with Crippen molar-refractivity contribution in [1.82, 2.24) is 10.6 Å². The Morgan fingerprint density at radius 1 is 1.35 bits per heavy atom. The van der Waals surface area contributed by atoms with Crippen molar-refractivity contribution in [2.75, 3.05) is 33.4 Å². The molecule has 1 heterocycles. The van der Waals surface area contributed by atoms with Gasteiger partial charge in [-0.2, -0.15) is 0 Å². The summed E-state index contributed by atoms with van der Waals surface area (Å²) in [5, 5.41) is 6.53. The summed E-state index contributed by atoms with van der Waals surface area (Å²) >= 11 is 0. The molecule has 1 fully saturated rings. The molecule has 0 radical (unpaired) electrons. The average molecular weight is 318 g/mol. The van der Waals surface area contributed by atoms with Crippen LogP contribution in [0.1, 0.15) is 43.2 Å². The number of piperidine rings is 1. The lowest BCUT2D eigenvalue weighted by Crippen LogP contribution is -2.47. The van der Waals surface area contributed by atoms with Crippen LogP contribution in [0.25, 0.3) is 0 Å². The fourth-order valence-corrected chi connectivity index (χ4v) is 3.52. The molecule has 1 saturated heterocycles. The van der Waals surface area contributed by atoms with Crippen molar-refractivity contribution in [3.63, 3.8) is 0 Å². The van der Waals surface area contributed by atoms with E-state index in [1.807, 2.05) is 12.1 Å². The van der Waals surface area contributed by atoms with E-state index in [1.54, 1.807) is 7.11 Å². The number of amides is 1. The van der Waals surface area contributed by atoms with E-state index >= 15 is 0 Å². The van der Waals surface area contributed by atoms with Gasteiger partial charge >= 0.3 is 0 Å². The maximum absolute atomic E-state index is 12.4. The summed E-state index contributed by atoms with van der Waals surface area (Å²) in [7, 11) is 1.74. The van der Waals surface area contributed by atoms with Gasteiger partial charge in [-0.15, -0.1) is 0 Å². The van der Waals surface area contributed by atoms with Crippen LogP contribution in [0.4, 0.5) is 0 Å². The van der Waals surface area contributed by atoms with E-state index in [-0.39, 0.29) is 17.2 Å². The van der Waals surface area contributed by atoms with Crippen LogP contribution in [0.15, 0.2) is 24.3 Å². The summed E-state index contributed by atoms with van der Waals surface area (Å²) in [6.45, 7) is 7.64. The minimum Gasteiger partial charge on any atom is -0.384 e. The molecular weight excluding hydrogens is 288 g/mol. The molecule has 2 N–H and O–H groups in total. The molecule has 0 aliphatic carbocycles. The molecule has 1 aromatic carbocycles. The van der Waals surface area contributed by atoms with Crippen molar-refractivity contribution < 1.29 is 9.53 Å². The second-order valence-corrected chi connectivity index (χ2v) is 6.92. The zero-order valence-electron chi connectivity index (χ0n) is 14.7. The van der Waals surface area contributed by atoms with E-state index in [4.69, 9.17) is 4.74 Å². The first-order valence-electron chi connectivity index (χ1n) is 8.58. The summed E-state index contributed by atoms with van der Waals surface area (Å²) < 4.78 is 5.40. The van der Waals surface area contributed by atoms with Crippen molar-refractivity contribution in [2.45, 2.75) is 39.0 Å². The van der Waals surface area contributed by atoms with Crippen LogP contribution >= 0.6 is 0 Å². The van der Waals surface area contributed by atoms with E-state index in [2.05, 4.69) is 36.6 Å². The number of rotatable bonds is 7. The summed E-state index contributed by atoms with van der Waals surface area (Å²) in [5.74, 6) is 0.373. The third kappa shape index (κ3) is 5.05. The molecule has 0 saturated carbocycles. The smallest absolute Gasteiger partial charge is 0.220 e. The largest absolute Gasteiger partial charge is 0.384 e. The molecule has 4 heteroatoms. The van der Waals surface area contributed by atoms with Crippen molar-refractivity contribution in [3.05, 3.63) is 35.4 Å². The minimum absolute atomic E-state index is 0.0849. The maximum Gasteiger partial charge on any atom is 0.220 e. The van der Waals surface area contributed by atoms with Gasteiger partial charge in [0.1, 0.15) is 0 Å². The highest BCUT2D eigenvalue weighted by atomic mass is 16.5. The Bertz CT molecular complexity index is 504. The SMILES string of the molecule is COCC1(CNC(=O)CC(C)c2ccccc2C)CCNCC1. The van der Waals surface area contributed by atoms with E-state index in [1.165, 1.54) is 11.1 Å². The fourth-order valence-electron chi connectivity index (χ4n) is 3.52. The average Bonchev–Trinajstić information content (AvgIpc) is 2.54. The molecule has 1 amide bonds. The molecule has 1 unspecified atom stereocenters. The van der Waals surface area contributed by atoms with E-state index in [0.717, 1.165) is 25.9 Å². The van der Waals surface area contributed by atoms with Gasteiger partial charge in [-0.25, -0.2) is 0 Å². The van der Waals surface area contributed by atoms with Crippen molar-refractivity contribution in [1.29, 1.82) is 0 Å². The number of benzene rings is 1. The Kier molecular flexibility index (Phi) is 6.60. The number of hydrogen-bond donors (Lipinski definition) is 2. The Morgan fingerprint density at radius 2 is 2.04 bits per heavy atom. The van der Waals surface area contributed by atoms with Gasteiger partial charge in [-0.1, -0.05) is 31.2 Å². The molecule has 0 bridgehead atoms. The Labute approximate surface area is 140 Å². The van der Waals surface area contributed by atoms with Crippen LogP contribution in [-0.4, -0.2) is 39.3 Å². The van der Waals surface area contributed by atoms with E-state index in [0.29, 0.717) is 19.6 Å². The molecule has 2 rings (SSSR count). The molecule has 1 aliphatic heterocycles. The van der Waals surface area contributed by atoms with Gasteiger partial charge in [0.15, 0.2) is 0 Å². The third-order valence-corrected chi connectivity index (χ3v) is 4.99. The molecule has 4 nitrogen and oxygen atoms in total. The van der Waals surface area contributed by atoms with Gasteiger partial charge < -0.3 is 15.4 Å². The number of carbonyl (C=O) groups excluding carboxylic acids is 1. The highest BCUT2D eigenvalue weighted by molar-refractivity contribution is 5.77. The fraction of sp³-hybridized carbons (Fsp3) is 0.632. The molecule has 1 aliphatic rings. The Hall–Kier alpha value is -1.39. The molecule has 0 aromatic heterocycles. The number of ether oxygens (including phenoxy) is 1.